The minimum absolute atomic E-state index is 0.104. The summed E-state index contributed by atoms with van der Waals surface area (Å²) in [7, 11) is 0. The first-order valence-corrected chi connectivity index (χ1v) is 17.1. The minimum atomic E-state index is -0.758. The van der Waals surface area contributed by atoms with E-state index in [1.807, 2.05) is 50.3 Å². The molecule has 0 amide bonds. The van der Waals surface area contributed by atoms with Gasteiger partial charge in [-0.1, -0.05) is 90.2 Å². The van der Waals surface area contributed by atoms with Gasteiger partial charge in [-0.05, 0) is 69.2 Å². The lowest BCUT2D eigenvalue weighted by Gasteiger charge is -2.26. The quantitative estimate of drug-likeness (QED) is 0.165. The minimum Gasteiger partial charge on any atom is -0.491 e. The lowest BCUT2D eigenvalue weighted by Crippen LogP contribution is -2.40. The number of para-hydroxylation sites is 2. The molecule has 4 aromatic carbocycles. The molecular weight excluding hydrogens is 619 g/mol. The van der Waals surface area contributed by atoms with Crippen molar-refractivity contribution in [3.8, 4) is 5.75 Å². The zero-order valence-electron chi connectivity index (χ0n) is 27.7. The van der Waals surface area contributed by atoms with Crippen LogP contribution >= 0.6 is 11.3 Å². The molecule has 0 saturated heterocycles. The largest absolute Gasteiger partial charge is 0.491 e. The van der Waals surface area contributed by atoms with Crippen molar-refractivity contribution in [1.82, 2.24) is 9.13 Å². The van der Waals surface area contributed by atoms with E-state index in [-0.39, 0.29) is 18.3 Å². The van der Waals surface area contributed by atoms with Crippen molar-refractivity contribution in [1.29, 1.82) is 0 Å². The Hall–Kier alpha value is -5.21. The molecule has 2 aromatic heterocycles. The van der Waals surface area contributed by atoms with Crippen LogP contribution in [0.1, 0.15) is 56.1 Å². The maximum absolute atomic E-state index is 14.5. The zero-order chi connectivity index (χ0) is 33.5. The van der Waals surface area contributed by atoms with E-state index in [4.69, 9.17) is 14.5 Å². The Morgan fingerprint density at radius 1 is 0.938 bits per heavy atom. The summed E-state index contributed by atoms with van der Waals surface area (Å²) < 4.78 is 16.2. The van der Waals surface area contributed by atoms with E-state index in [1.54, 1.807) is 18.4 Å². The van der Waals surface area contributed by atoms with Gasteiger partial charge in [-0.15, -0.1) is 0 Å². The van der Waals surface area contributed by atoms with Gasteiger partial charge in [-0.25, -0.2) is 9.79 Å². The van der Waals surface area contributed by atoms with Crippen molar-refractivity contribution < 1.29 is 14.3 Å². The SMILES string of the molecule is CCOC(=O)C1=C(C)N=c2s/c(=C\c3c(C)n(Cc4cccc5ccccc45)c4ccccc34)c(=O)n2[C@@H]1c1ccccc1OC(C)C. The van der Waals surface area contributed by atoms with Crippen LogP contribution in [0.5, 0.6) is 5.75 Å². The summed E-state index contributed by atoms with van der Waals surface area (Å²) in [6.07, 6.45) is 1.88. The van der Waals surface area contributed by atoms with Crippen LogP contribution in [0.15, 0.2) is 112 Å². The summed E-state index contributed by atoms with van der Waals surface area (Å²) in [4.78, 5) is 33.3. The number of carbonyl (C=O) groups is 1. The van der Waals surface area contributed by atoms with Crippen LogP contribution < -0.4 is 19.6 Å². The highest BCUT2D eigenvalue weighted by molar-refractivity contribution is 7.07. The van der Waals surface area contributed by atoms with Gasteiger partial charge >= 0.3 is 5.97 Å². The Labute approximate surface area is 282 Å². The number of nitrogens with zero attached hydrogens (tertiary/aromatic N) is 3. The molecule has 8 heteroatoms. The van der Waals surface area contributed by atoms with E-state index in [0.29, 0.717) is 38.5 Å². The van der Waals surface area contributed by atoms with Crippen molar-refractivity contribution in [3.63, 3.8) is 0 Å². The number of hydrogen-bond donors (Lipinski definition) is 0. The molecule has 6 aromatic rings. The fourth-order valence-electron chi connectivity index (χ4n) is 6.73. The van der Waals surface area contributed by atoms with Crippen LogP contribution in [0.4, 0.5) is 0 Å². The summed E-state index contributed by atoms with van der Waals surface area (Å²) in [5, 5.41) is 3.50. The number of esters is 1. The highest BCUT2D eigenvalue weighted by Crippen LogP contribution is 2.36. The average Bonchev–Trinajstić information content (AvgIpc) is 3.52. The molecule has 242 valence electrons. The summed E-state index contributed by atoms with van der Waals surface area (Å²) in [6, 6.07) is 30.0. The number of benzene rings is 4. The zero-order valence-corrected chi connectivity index (χ0v) is 28.5. The van der Waals surface area contributed by atoms with Gasteiger partial charge in [0.2, 0.25) is 0 Å². The standard InChI is InChI=1S/C40H37N3O4S/c1-6-46-39(45)36-25(4)41-40-43(37(36)31-19-10-12-21-34(31)47-24(2)3)38(44)35(48-40)22-32-26(5)42(33-20-11-9-18-30(32)33)23-28-16-13-15-27-14-7-8-17-29(27)28/h7-22,24,37H,6,23H2,1-5H3/b35-22-/t37-/m1/s1. The Morgan fingerprint density at radius 2 is 1.65 bits per heavy atom. The van der Waals surface area contributed by atoms with E-state index < -0.39 is 12.0 Å². The predicted molar refractivity (Wildman–Crippen MR) is 192 cm³/mol. The number of rotatable bonds is 8. The summed E-state index contributed by atoms with van der Waals surface area (Å²) in [6.45, 7) is 10.5. The van der Waals surface area contributed by atoms with Gasteiger partial charge in [0, 0.05) is 34.3 Å². The van der Waals surface area contributed by atoms with Crippen LogP contribution in [-0.4, -0.2) is 27.8 Å². The van der Waals surface area contributed by atoms with Crippen molar-refractivity contribution in [2.75, 3.05) is 6.61 Å². The summed E-state index contributed by atoms with van der Waals surface area (Å²) in [5.74, 6) is 0.112. The molecule has 0 N–H and O–H groups in total. The number of carbonyl (C=O) groups excluding carboxylic acids is 1. The van der Waals surface area contributed by atoms with Crippen LogP contribution in [0.2, 0.25) is 0 Å². The molecule has 48 heavy (non-hydrogen) atoms. The van der Waals surface area contributed by atoms with E-state index in [1.165, 1.54) is 27.7 Å². The number of fused-ring (bicyclic) bond motifs is 3. The number of aromatic nitrogens is 2. The van der Waals surface area contributed by atoms with Crippen molar-refractivity contribution in [2.24, 2.45) is 4.99 Å². The smallest absolute Gasteiger partial charge is 0.338 e. The molecule has 0 bridgehead atoms. The topological polar surface area (TPSA) is 74.8 Å². The van der Waals surface area contributed by atoms with E-state index in [0.717, 1.165) is 22.2 Å². The number of ether oxygens (including phenoxy) is 2. The molecule has 7 rings (SSSR count). The van der Waals surface area contributed by atoms with Crippen LogP contribution in [0.25, 0.3) is 27.8 Å². The maximum Gasteiger partial charge on any atom is 0.338 e. The lowest BCUT2D eigenvalue weighted by atomic mass is 9.95. The first kappa shape index (κ1) is 31.4. The second kappa shape index (κ2) is 12.8. The van der Waals surface area contributed by atoms with Crippen molar-refractivity contribution in [2.45, 2.75) is 53.3 Å². The molecule has 0 aliphatic carbocycles. The summed E-state index contributed by atoms with van der Waals surface area (Å²) >= 11 is 1.33. The van der Waals surface area contributed by atoms with Gasteiger partial charge in [0.1, 0.15) is 11.8 Å². The average molecular weight is 656 g/mol. The molecule has 0 spiro atoms. The third-order valence-corrected chi connectivity index (χ3v) is 9.84. The predicted octanol–water partition coefficient (Wildman–Crippen LogP) is 7.05. The molecule has 7 nitrogen and oxygen atoms in total. The van der Waals surface area contributed by atoms with Crippen LogP contribution in [0.3, 0.4) is 0 Å². The van der Waals surface area contributed by atoms with Crippen molar-refractivity contribution >= 4 is 45.1 Å². The van der Waals surface area contributed by atoms with Gasteiger partial charge in [0.25, 0.3) is 5.56 Å². The third kappa shape index (κ3) is 5.46. The fraction of sp³-hybridized carbons (Fsp3) is 0.225. The molecule has 0 unspecified atom stereocenters. The van der Waals surface area contributed by atoms with Gasteiger partial charge < -0.3 is 14.0 Å². The van der Waals surface area contributed by atoms with E-state index in [9.17, 15) is 9.59 Å². The molecular formula is C40H37N3O4S. The Kier molecular flexibility index (Phi) is 8.35. The van der Waals surface area contributed by atoms with Crippen LogP contribution in [0, 0.1) is 6.92 Å². The van der Waals surface area contributed by atoms with Crippen molar-refractivity contribution in [3.05, 3.63) is 144 Å². The first-order chi connectivity index (χ1) is 23.3. The Balaban J connectivity index is 1.42. The number of thiazole rings is 1. The maximum atomic E-state index is 14.5. The van der Waals surface area contributed by atoms with Gasteiger partial charge in [-0.2, -0.15) is 0 Å². The third-order valence-electron chi connectivity index (χ3n) is 8.86. The molecule has 0 radical (unpaired) electrons. The van der Waals surface area contributed by atoms with Crippen LogP contribution in [-0.2, 0) is 16.1 Å². The van der Waals surface area contributed by atoms with Gasteiger partial charge in [0.05, 0.1) is 28.5 Å². The first-order valence-electron chi connectivity index (χ1n) is 16.3. The summed E-state index contributed by atoms with van der Waals surface area (Å²) in [5.41, 5.74) is 5.71. The molecule has 3 heterocycles. The van der Waals surface area contributed by atoms with Gasteiger partial charge in [0.15, 0.2) is 4.80 Å². The normalized spacial score (nSPS) is 14.9. The van der Waals surface area contributed by atoms with Gasteiger partial charge in [-0.3, -0.25) is 9.36 Å². The Morgan fingerprint density at radius 3 is 2.44 bits per heavy atom. The lowest BCUT2D eigenvalue weighted by molar-refractivity contribution is -0.139. The molecule has 1 aliphatic heterocycles. The second-order valence-electron chi connectivity index (χ2n) is 12.2. The molecule has 0 saturated carbocycles. The molecule has 0 fully saturated rings. The molecule has 1 atom stereocenters. The van der Waals surface area contributed by atoms with E-state index >= 15 is 0 Å². The second-order valence-corrected chi connectivity index (χ2v) is 13.3. The van der Waals surface area contributed by atoms with E-state index in [2.05, 4.69) is 72.2 Å². The fourth-order valence-corrected chi connectivity index (χ4v) is 7.76. The molecule has 1 aliphatic rings. The number of allylic oxidation sites excluding steroid dienone is 1. The highest BCUT2D eigenvalue weighted by atomic mass is 32.1. The Bertz CT molecular complexity index is 2420. The monoisotopic (exact) mass is 655 g/mol. The highest BCUT2D eigenvalue weighted by Gasteiger charge is 2.35. The number of hydrogen-bond acceptors (Lipinski definition) is 6.